The molecule has 0 N–H and O–H groups in total. The Hall–Kier alpha value is -2.85. The zero-order valence-electron chi connectivity index (χ0n) is 11.9. The summed E-state index contributed by atoms with van der Waals surface area (Å²) in [4.78, 5) is 19.2. The highest BCUT2D eigenvalue weighted by Gasteiger charge is 2.10. The lowest BCUT2D eigenvalue weighted by atomic mass is 10.3. The highest BCUT2D eigenvalue weighted by Crippen LogP contribution is 2.16. The molecule has 0 aliphatic rings. The van der Waals surface area contributed by atoms with Gasteiger partial charge in [0.25, 0.3) is 21.5 Å². The quantitative estimate of drug-likeness (QED) is 0.475. The van der Waals surface area contributed by atoms with Crippen molar-refractivity contribution < 1.29 is 22.4 Å². The molecule has 2 aromatic rings. The Kier molecular flexibility index (Phi) is 6.30. The summed E-state index contributed by atoms with van der Waals surface area (Å²) in [5.41, 5.74) is -0.304. The monoisotopic (exact) mass is 340 g/mol. The molecule has 2 aromatic carbocycles. The van der Waals surface area contributed by atoms with Crippen LogP contribution in [0.4, 0.5) is 11.4 Å². The molecule has 0 radical (unpaired) electrons. The van der Waals surface area contributed by atoms with Crippen molar-refractivity contribution in [1.82, 2.24) is 0 Å². The number of non-ortho nitro benzene ring substituents is 2. The molecule has 0 aliphatic heterocycles. The summed E-state index contributed by atoms with van der Waals surface area (Å²) >= 11 is 0. The fourth-order valence-corrected chi connectivity index (χ4v) is 2.06. The average molecular weight is 340 g/mol. The zero-order valence-corrected chi connectivity index (χ0v) is 12.7. The van der Waals surface area contributed by atoms with Gasteiger partial charge in [0.2, 0.25) is 0 Å². The minimum absolute atomic E-state index is 0.152. The third kappa shape index (κ3) is 5.45. The van der Waals surface area contributed by atoms with E-state index in [9.17, 15) is 28.6 Å². The minimum atomic E-state index is -3.50. The van der Waals surface area contributed by atoms with Crippen molar-refractivity contribution in [3.05, 3.63) is 74.8 Å². The molecule has 23 heavy (non-hydrogen) atoms. The Bertz CT molecular complexity index is 741. The summed E-state index contributed by atoms with van der Waals surface area (Å²) in [6.07, 6.45) is 0. The van der Waals surface area contributed by atoms with Gasteiger partial charge in [-0.05, 0) is 12.1 Å². The van der Waals surface area contributed by atoms with Crippen LogP contribution in [-0.4, -0.2) is 25.4 Å². The molecule has 10 heteroatoms. The topological polar surface area (TPSA) is 130 Å². The third-order valence-corrected chi connectivity index (χ3v) is 3.81. The van der Waals surface area contributed by atoms with E-state index in [0.717, 1.165) is 31.4 Å². The first-order valence-corrected chi connectivity index (χ1v) is 7.43. The van der Waals surface area contributed by atoms with Crippen LogP contribution >= 0.6 is 0 Å². The van der Waals surface area contributed by atoms with Gasteiger partial charge in [-0.2, -0.15) is 8.42 Å². The molecular formula is C13H12N2O7S. The van der Waals surface area contributed by atoms with Crippen LogP contribution in [0, 0.1) is 20.2 Å². The van der Waals surface area contributed by atoms with Crippen molar-refractivity contribution >= 4 is 21.5 Å². The Balaban J connectivity index is 0.000000231. The number of nitro benzene ring substituents is 2. The SMILES string of the molecule is COS(=O)(=O)c1ccccc1.O=[N+]([O-])c1ccc([N+](=O)[O-])cc1. The normalized spacial score (nSPS) is 10.3. The molecule has 122 valence electrons. The number of rotatable bonds is 4. The molecule has 0 unspecified atom stereocenters. The van der Waals surface area contributed by atoms with E-state index in [1.807, 2.05) is 0 Å². The summed E-state index contributed by atoms with van der Waals surface area (Å²) < 4.78 is 26.3. The average Bonchev–Trinajstić information content (AvgIpc) is 2.56. The molecule has 0 saturated heterocycles. The summed E-state index contributed by atoms with van der Waals surface area (Å²) in [7, 11) is -2.36. The maximum absolute atomic E-state index is 11.0. The van der Waals surface area contributed by atoms with Gasteiger partial charge in [0, 0.05) is 24.3 Å². The summed E-state index contributed by atoms with van der Waals surface area (Å²) in [5.74, 6) is 0. The summed E-state index contributed by atoms with van der Waals surface area (Å²) in [5, 5.41) is 20.2. The van der Waals surface area contributed by atoms with E-state index in [-0.39, 0.29) is 16.3 Å². The van der Waals surface area contributed by atoms with Gasteiger partial charge in [-0.25, -0.2) is 0 Å². The van der Waals surface area contributed by atoms with Crippen LogP contribution in [0.2, 0.25) is 0 Å². The van der Waals surface area contributed by atoms with Crippen molar-refractivity contribution in [2.24, 2.45) is 0 Å². The molecule has 0 amide bonds. The molecule has 0 aliphatic carbocycles. The third-order valence-electron chi connectivity index (χ3n) is 2.52. The number of hydrogen-bond donors (Lipinski definition) is 0. The fourth-order valence-electron chi connectivity index (χ4n) is 1.38. The van der Waals surface area contributed by atoms with Crippen LogP contribution in [0.1, 0.15) is 0 Å². The number of nitro groups is 2. The van der Waals surface area contributed by atoms with Crippen molar-refractivity contribution in [2.45, 2.75) is 4.90 Å². The van der Waals surface area contributed by atoms with Crippen LogP contribution in [0.5, 0.6) is 0 Å². The molecule has 2 rings (SSSR count). The van der Waals surface area contributed by atoms with Gasteiger partial charge in [0.15, 0.2) is 0 Å². The van der Waals surface area contributed by atoms with Gasteiger partial charge in [-0.15, -0.1) is 0 Å². The predicted octanol–water partition coefficient (Wildman–Crippen LogP) is 2.52. The largest absolute Gasteiger partial charge is 0.296 e. The summed E-state index contributed by atoms with van der Waals surface area (Å²) in [6.45, 7) is 0. The van der Waals surface area contributed by atoms with E-state index < -0.39 is 20.0 Å². The second-order valence-corrected chi connectivity index (χ2v) is 5.68. The van der Waals surface area contributed by atoms with Crippen LogP contribution in [-0.2, 0) is 14.3 Å². The second kappa shape index (κ2) is 7.96. The molecule has 0 saturated carbocycles. The van der Waals surface area contributed by atoms with Crippen LogP contribution in [0.15, 0.2) is 59.5 Å². The second-order valence-electron chi connectivity index (χ2n) is 3.96. The molecule has 0 fully saturated rings. The van der Waals surface area contributed by atoms with E-state index in [1.54, 1.807) is 18.2 Å². The Morgan fingerprint density at radius 2 is 1.22 bits per heavy atom. The van der Waals surface area contributed by atoms with Gasteiger partial charge >= 0.3 is 0 Å². The van der Waals surface area contributed by atoms with Crippen molar-refractivity contribution in [3.8, 4) is 0 Å². The van der Waals surface area contributed by atoms with Crippen LogP contribution < -0.4 is 0 Å². The maximum Gasteiger partial charge on any atom is 0.296 e. The highest BCUT2D eigenvalue weighted by atomic mass is 32.2. The zero-order chi connectivity index (χ0) is 17.5. The van der Waals surface area contributed by atoms with Gasteiger partial charge in [-0.1, -0.05) is 18.2 Å². The predicted molar refractivity (Wildman–Crippen MR) is 80.4 cm³/mol. The first-order valence-electron chi connectivity index (χ1n) is 6.02. The lowest BCUT2D eigenvalue weighted by Gasteiger charge is -1.98. The van der Waals surface area contributed by atoms with Crippen molar-refractivity contribution in [3.63, 3.8) is 0 Å². The van der Waals surface area contributed by atoms with E-state index in [0.29, 0.717) is 0 Å². The summed E-state index contributed by atoms with van der Waals surface area (Å²) in [6, 6.07) is 12.4. The Morgan fingerprint density at radius 1 is 0.826 bits per heavy atom. The number of hydrogen-bond acceptors (Lipinski definition) is 7. The minimum Gasteiger partial charge on any atom is -0.270 e. The first kappa shape index (κ1) is 18.2. The van der Waals surface area contributed by atoms with E-state index in [1.165, 1.54) is 12.1 Å². The number of benzene rings is 2. The first-order chi connectivity index (χ1) is 10.8. The van der Waals surface area contributed by atoms with Crippen LogP contribution in [0.3, 0.4) is 0 Å². The molecule has 0 bridgehead atoms. The molecule has 0 aromatic heterocycles. The van der Waals surface area contributed by atoms with Gasteiger partial charge in [0.05, 0.1) is 21.9 Å². The van der Waals surface area contributed by atoms with E-state index in [2.05, 4.69) is 4.18 Å². The van der Waals surface area contributed by atoms with E-state index in [4.69, 9.17) is 0 Å². The molecular weight excluding hydrogens is 328 g/mol. The van der Waals surface area contributed by atoms with Gasteiger partial charge < -0.3 is 0 Å². The van der Waals surface area contributed by atoms with Crippen LogP contribution in [0.25, 0.3) is 0 Å². The number of nitrogens with zero attached hydrogens (tertiary/aromatic N) is 2. The van der Waals surface area contributed by atoms with Crippen molar-refractivity contribution in [2.75, 3.05) is 7.11 Å². The molecule has 0 atom stereocenters. The fraction of sp³-hybridized carbons (Fsp3) is 0.0769. The Labute approximate surface area is 131 Å². The molecule has 0 spiro atoms. The van der Waals surface area contributed by atoms with Gasteiger partial charge in [0.1, 0.15) is 0 Å². The van der Waals surface area contributed by atoms with Crippen molar-refractivity contribution in [1.29, 1.82) is 0 Å². The molecule has 0 heterocycles. The lowest BCUT2D eigenvalue weighted by molar-refractivity contribution is -0.389. The standard InChI is InChI=1S/C7H8O3S.C6H4N2O4/c1-10-11(8,9)7-5-3-2-4-6-7;9-7(10)5-1-2-6(4-3-5)8(11)12/h2-6H,1H3;1-4H. The Morgan fingerprint density at radius 3 is 1.52 bits per heavy atom. The lowest BCUT2D eigenvalue weighted by Crippen LogP contribution is -2.01. The van der Waals surface area contributed by atoms with E-state index >= 15 is 0 Å². The highest BCUT2D eigenvalue weighted by molar-refractivity contribution is 7.86. The molecule has 9 nitrogen and oxygen atoms in total. The van der Waals surface area contributed by atoms with Gasteiger partial charge in [-0.3, -0.25) is 24.4 Å². The maximum atomic E-state index is 11.0. The smallest absolute Gasteiger partial charge is 0.270 e.